The second-order valence-corrected chi connectivity index (χ2v) is 23.5. The molecule has 0 unspecified atom stereocenters. The second-order valence-electron chi connectivity index (χ2n) is 16.8. The fourth-order valence-electron chi connectivity index (χ4n) is 7.33. The number of carbonyl (C=O) groups is 1. The lowest BCUT2D eigenvalue weighted by atomic mass is 9.91. The minimum absolute atomic E-state index is 0.0461. The zero-order valence-electron chi connectivity index (χ0n) is 33.7. The van der Waals surface area contributed by atoms with E-state index >= 15 is 0 Å². The van der Waals surface area contributed by atoms with E-state index in [0.29, 0.717) is 27.9 Å². The van der Waals surface area contributed by atoms with Crippen LogP contribution < -0.4 is 10.9 Å². The van der Waals surface area contributed by atoms with E-state index in [1.54, 1.807) is 24.3 Å². The van der Waals surface area contributed by atoms with Crippen molar-refractivity contribution < 1.29 is 24.2 Å². The van der Waals surface area contributed by atoms with Crippen LogP contribution in [-0.4, -0.2) is 73.2 Å². The van der Waals surface area contributed by atoms with Gasteiger partial charge in [-0.05, 0) is 117 Å². The van der Waals surface area contributed by atoms with Crippen molar-refractivity contribution in [2.75, 3.05) is 26.7 Å². The van der Waals surface area contributed by atoms with Crippen LogP contribution in [0.3, 0.4) is 0 Å². The van der Waals surface area contributed by atoms with Gasteiger partial charge in [-0.1, -0.05) is 71.1 Å². The van der Waals surface area contributed by atoms with E-state index in [9.17, 15) is 19.8 Å². The van der Waals surface area contributed by atoms with E-state index in [0.717, 1.165) is 56.1 Å². The highest BCUT2D eigenvalue weighted by atomic mass is 32.1. The lowest BCUT2D eigenvalue weighted by Crippen LogP contribution is -2.43. The molecule has 3 heterocycles. The van der Waals surface area contributed by atoms with Crippen molar-refractivity contribution in [2.45, 2.75) is 133 Å². The number of hydrogen-bond donors (Lipinski definition) is 4. The molecule has 1 aliphatic carbocycles. The summed E-state index contributed by atoms with van der Waals surface area (Å²) >= 11 is 2.75. The summed E-state index contributed by atoms with van der Waals surface area (Å²) in [6.07, 6.45) is 11.7. The van der Waals surface area contributed by atoms with Crippen LogP contribution in [0.5, 0.6) is 5.75 Å². The average molecular weight is 810 g/mol. The maximum absolute atomic E-state index is 13.4. The molecule has 0 bridgehead atoms. The van der Waals surface area contributed by atoms with Crippen LogP contribution in [0.4, 0.5) is 0 Å². The molecule has 1 saturated carbocycles. The number of benzene rings is 1. The zero-order valence-corrected chi connectivity index (χ0v) is 36.3. The Morgan fingerprint density at radius 3 is 2.15 bits per heavy atom. The van der Waals surface area contributed by atoms with Gasteiger partial charge in [0.25, 0.3) is 0 Å². The SMILES string of the molecule is CN(CCCCCCCCCNC[C@H](O[Si](C)(C)C(C)(C)C)c1ccc(O)c2[nH]c(=O)ccc12)C1CCC(OC(=O)C(O)(c2cccs2)c2cccs2)CC1. The molecule has 4 aromatic rings. The van der Waals surface area contributed by atoms with Crippen molar-refractivity contribution in [2.24, 2.45) is 0 Å². The number of aromatic amines is 1. The molecule has 12 heteroatoms. The van der Waals surface area contributed by atoms with Gasteiger partial charge in [-0.25, -0.2) is 4.79 Å². The fraction of sp³-hybridized carbons (Fsp3) is 0.581. The summed E-state index contributed by atoms with van der Waals surface area (Å²) in [4.78, 5) is 31.9. The first-order chi connectivity index (χ1) is 26.2. The first-order valence-electron chi connectivity index (χ1n) is 20.2. The van der Waals surface area contributed by atoms with E-state index in [4.69, 9.17) is 9.16 Å². The number of thiophene rings is 2. The summed E-state index contributed by atoms with van der Waals surface area (Å²) in [5.41, 5.74) is -0.542. The molecule has 1 fully saturated rings. The van der Waals surface area contributed by atoms with E-state index < -0.39 is 19.9 Å². The molecule has 0 amide bonds. The maximum Gasteiger partial charge on any atom is 0.349 e. The van der Waals surface area contributed by atoms with Crippen molar-refractivity contribution in [3.05, 3.63) is 85.0 Å². The Hall–Kier alpha value is -2.84. The Morgan fingerprint density at radius 1 is 0.927 bits per heavy atom. The van der Waals surface area contributed by atoms with Gasteiger partial charge in [-0.15, -0.1) is 22.7 Å². The van der Waals surface area contributed by atoms with Gasteiger partial charge < -0.3 is 34.6 Å². The molecule has 55 heavy (non-hydrogen) atoms. The molecule has 0 radical (unpaired) electrons. The summed E-state index contributed by atoms with van der Waals surface area (Å²) in [7, 11) is 0.117. The van der Waals surface area contributed by atoms with Gasteiger partial charge in [-0.2, -0.15) is 0 Å². The lowest BCUT2D eigenvalue weighted by Gasteiger charge is -2.39. The predicted octanol–water partition coefficient (Wildman–Crippen LogP) is 9.46. The first-order valence-corrected chi connectivity index (χ1v) is 24.8. The number of fused-ring (bicyclic) bond motifs is 1. The quantitative estimate of drug-likeness (QED) is 0.0396. The molecule has 0 aliphatic heterocycles. The molecule has 1 aromatic carbocycles. The lowest BCUT2D eigenvalue weighted by molar-refractivity contribution is -0.169. The van der Waals surface area contributed by atoms with Crippen molar-refractivity contribution >= 4 is 47.9 Å². The fourth-order valence-corrected chi connectivity index (χ4v) is 10.3. The molecular formula is C43H63N3O6S2Si. The number of rotatable bonds is 20. The Kier molecular flexibility index (Phi) is 15.4. The van der Waals surface area contributed by atoms with Gasteiger partial charge in [0.15, 0.2) is 8.32 Å². The van der Waals surface area contributed by atoms with Gasteiger partial charge in [0, 0.05) is 24.0 Å². The van der Waals surface area contributed by atoms with E-state index in [1.807, 2.05) is 29.0 Å². The number of H-pyrrole nitrogens is 1. The summed E-state index contributed by atoms with van der Waals surface area (Å²) in [5, 5.41) is 30.3. The standard InChI is InChI=1S/C43H63N3O6S2Si/c1-42(2,3)55(5,6)52-36(33-22-24-35(47)40-34(33)23-25-39(48)45-40)30-44-26-12-10-8-7-9-11-13-27-46(4)31-18-20-32(21-19-31)51-41(49)43(50,37-16-14-28-53-37)38-17-15-29-54-38/h14-17,22-25,28-29,31-32,36,44,47,50H,7-13,18-21,26-27,30H2,1-6H3,(H,45,48)/t31?,32?,36-/m0/s1. The summed E-state index contributed by atoms with van der Waals surface area (Å²) < 4.78 is 12.9. The smallest absolute Gasteiger partial charge is 0.349 e. The third-order valence-electron chi connectivity index (χ3n) is 11.8. The molecular weight excluding hydrogens is 747 g/mol. The van der Waals surface area contributed by atoms with Gasteiger partial charge in [-0.3, -0.25) is 4.79 Å². The number of nitrogens with zero attached hydrogens (tertiary/aromatic N) is 1. The minimum Gasteiger partial charge on any atom is -0.506 e. The summed E-state index contributed by atoms with van der Waals surface area (Å²) in [5.74, 6) is -0.497. The average Bonchev–Trinajstić information content (AvgIpc) is 3.90. The molecule has 3 aromatic heterocycles. The zero-order chi connectivity index (χ0) is 39.6. The highest BCUT2D eigenvalue weighted by Gasteiger charge is 2.45. The van der Waals surface area contributed by atoms with Crippen LogP contribution >= 0.6 is 22.7 Å². The Labute approximate surface area is 336 Å². The number of hydrogen-bond acceptors (Lipinski definition) is 10. The Morgan fingerprint density at radius 2 is 1.55 bits per heavy atom. The first kappa shape index (κ1) is 43.3. The summed E-state index contributed by atoms with van der Waals surface area (Å²) in [6.45, 7) is 13.9. The highest BCUT2D eigenvalue weighted by molar-refractivity contribution is 7.12. The van der Waals surface area contributed by atoms with E-state index in [2.05, 4.69) is 56.1 Å². The van der Waals surface area contributed by atoms with Crippen LogP contribution in [-0.2, 0) is 19.6 Å². The Bertz CT molecular complexity index is 1800. The molecule has 1 aliphatic rings. The molecule has 9 nitrogen and oxygen atoms in total. The number of ether oxygens (including phenoxy) is 1. The molecule has 5 rings (SSSR count). The predicted molar refractivity (Wildman–Crippen MR) is 229 cm³/mol. The molecule has 0 saturated heterocycles. The van der Waals surface area contributed by atoms with E-state index in [-0.39, 0.29) is 28.6 Å². The number of aromatic nitrogens is 1. The third-order valence-corrected chi connectivity index (χ3v) is 18.2. The van der Waals surface area contributed by atoms with Crippen LogP contribution in [0.1, 0.15) is 113 Å². The number of aromatic hydroxyl groups is 1. The molecule has 4 N–H and O–H groups in total. The van der Waals surface area contributed by atoms with Gasteiger partial charge >= 0.3 is 5.97 Å². The van der Waals surface area contributed by atoms with Crippen LogP contribution in [0.25, 0.3) is 10.9 Å². The normalized spacial score (nSPS) is 17.5. The maximum atomic E-state index is 13.4. The van der Waals surface area contributed by atoms with Crippen molar-refractivity contribution in [3.8, 4) is 5.75 Å². The number of phenolic OH excluding ortho intramolecular Hbond substituents is 1. The van der Waals surface area contributed by atoms with Crippen LogP contribution in [0, 0.1) is 0 Å². The van der Waals surface area contributed by atoms with Gasteiger partial charge in [0.2, 0.25) is 11.2 Å². The van der Waals surface area contributed by atoms with Crippen molar-refractivity contribution in [1.82, 2.24) is 15.2 Å². The topological polar surface area (TPSA) is 124 Å². The number of carbonyl (C=O) groups excluding carboxylic acids is 1. The highest BCUT2D eigenvalue weighted by Crippen LogP contribution is 2.41. The Balaban J connectivity index is 0.962. The van der Waals surface area contributed by atoms with Crippen LogP contribution in [0.2, 0.25) is 18.1 Å². The number of phenols is 1. The molecule has 0 spiro atoms. The van der Waals surface area contributed by atoms with Crippen molar-refractivity contribution in [1.29, 1.82) is 0 Å². The van der Waals surface area contributed by atoms with Gasteiger partial charge in [0.05, 0.1) is 21.4 Å². The number of nitrogens with one attached hydrogen (secondary N) is 2. The van der Waals surface area contributed by atoms with Crippen LogP contribution in [0.15, 0.2) is 64.1 Å². The number of esters is 1. The summed E-state index contributed by atoms with van der Waals surface area (Å²) in [6, 6.07) is 14.7. The van der Waals surface area contributed by atoms with E-state index in [1.165, 1.54) is 67.3 Å². The number of aliphatic hydroxyl groups is 1. The minimum atomic E-state index is -2.11. The molecule has 302 valence electrons. The van der Waals surface area contributed by atoms with Crippen molar-refractivity contribution in [3.63, 3.8) is 0 Å². The second kappa shape index (κ2) is 19.5. The molecule has 1 atom stereocenters. The van der Waals surface area contributed by atoms with Gasteiger partial charge in [0.1, 0.15) is 11.9 Å². The monoisotopic (exact) mass is 809 g/mol. The number of unbranched alkanes of at least 4 members (excludes halogenated alkanes) is 6. The largest absolute Gasteiger partial charge is 0.506 e. The number of pyridine rings is 1. The third kappa shape index (κ3) is 11.2.